The van der Waals surface area contributed by atoms with Crippen molar-refractivity contribution < 1.29 is 4.74 Å². The van der Waals surface area contributed by atoms with Crippen LogP contribution in [0.2, 0.25) is 0 Å². The summed E-state index contributed by atoms with van der Waals surface area (Å²) in [5.74, 6) is 1.54. The van der Waals surface area contributed by atoms with Crippen LogP contribution in [0.4, 0.5) is 0 Å². The summed E-state index contributed by atoms with van der Waals surface area (Å²) < 4.78 is 6.30. The van der Waals surface area contributed by atoms with Crippen molar-refractivity contribution in [3.63, 3.8) is 0 Å². The normalized spacial score (nSPS) is 14.4. The van der Waals surface area contributed by atoms with Gasteiger partial charge in [-0.3, -0.25) is 0 Å². The Labute approximate surface area is 118 Å². The molecule has 0 radical (unpaired) electrons. The molecule has 1 aromatic rings. The zero-order valence-corrected chi connectivity index (χ0v) is 13.1. The average molecular weight is 263 g/mol. The highest BCUT2D eigenvalue weighted by atomic mass is 16.5. The van der Waals surface area contributed by atoms with Gasteiger partial charge in [0.15, 0.2) is 0 Å². The topological polar surface area (TPSA) is 21.3 Å². The summed E-state index contributed by atoms with van der Waals surface area (Å²) >= 11 is 0. The van der Waals surface area contributed by atoms with Gasteiger partial charge in [-0.05, 0) is 37.4 Å². The molecule has 1 aromatic carbocycles. The number of likely N-dealkylation sites (N-methyl/N-ethyl adjacent to an activating group) is 1. The minimum absolute atomic E-state index is 0.241. The van der Waals surface area contributed by atoms with E-state index in [4.69, 9.17) is 4.74 Å². The van der Waals surface area contributed by atoms with E-state index in [1.807, 2.05) is 7.05 Å². The average Bonchev–Trinajstić information content (AvgIpc) is 2.42. The highest BCUT2D eigenvalue weighted by molar-refractivity contribution is 5.35. The number of benzene rings is 1. The van der Waals surface area contributed by atoms with Crippen molar-refractivity contribution in [3.05, 3.63) is 29.8 Å². The molecule has 0 aliphatic carbocycles. The van der Waals surface area contributed by atoms with E-state index >= 15 is 0 Å². The molecule has 0 aliphatic rings. The van der Waals surface area contributed by atoms with E-state index < -0.39 is 0 Å². The molecule has 0 spiro atoms. The fourth-order valence-corrected chi connectivity index (χ4v) is 2.51. The second-order valence-corrected chi connectivity index (χ2v) is 5.44. The van der Waals surface area contributed by atoms with Crippen LogP contribution in [0.1, 0.15) is 58.4 Å². The van der Waals surface area contributed by atoms with Crippen molar-refractivity contribution in [3.8, 4) is 5.75 Å². The third-order valence-electron chi connectivity index (χ3n) is 3.64. The zero-order chi connectivity index (χ0) is 14.3. The Balaban J connectivity index is 2.86. The zero-order valence-electron chi connectivity index (χ0n) is 13.1. The maximum absolute atomic E-state index is 6.30. The smallest absolute Gasteiger partial charge is 0.123 e. The van der Waals surface area contributed by atoms with E-state index in [1.165, 1.54) is 12.0 Å². The fraction of sp³-hybridized carbons (Fsp3) is 0.647. The lowest BCUT2D eigenvalue weighted by atomic mass is 10.0. The third kappa shape index (κ3) is 4.54. The van der Waals surface area contributed by atoms with Crippen molar-refractivity contribution >= 4 is 0 Å². The Morgan fingerprint density at radius 2 is 1.84 bits per heavy atom. The molecule has 0 saturated carbocycles. The van der Waals surface area contributed by atoms with Crippen molar-refractivity contribution in [1.82, 2.24) is 5.32 Å². The van der Waals surface area contributed by atoms with Gasteiger partial charge in [0, 0.05) is 6.04 Å². The van der Waals surface area contributed by atoms with Gasteiger partial charge in [-0.2, -0.15) is 0 Å². The van der Waals surface area contributed by atoms with Gasteiger partial charge in [0.2, 0.25) is 0 Å². The van der Waals surface area contributed by atoms with E-state index in [0.29, 0.717) is 12.0 Å². The number of para-hydroxylation sites is 1. The van der Waals surface area contributed by atoms with Gasteiger partial charge in [0.1, 0.15) is 11.9 Å². The van der Waals surface area contributed by atoms with Crippen LogP contribution in [0.5, 0.6) is 5.75 Å². The Morgan fingerprint density at radius 1 is 1.16 bits per heavy atom. The first kappa shape index (κ1) is 16.0. The fourth-order valence-electron chi connectivity index (χ4n) is 2.51. The van der Waals surface area contributed by atoms with Gasteiger partial charge in [0.05, 0.1) is 0 Å². The van der Waals surface area contributed by atoms with Crippen LogP contribution in [0, 0.1) is 0 Å². The van der Waals surface area contributed by atoms with Gasteiger partial charge in [-0.1, -0.05) is 52.3 Å². The maximum atomic E-state index is 6.30. The summed E-state index contributed by atoms with van der Waals surface area (Å²) in [7, 11) is 2.03. The molecular weight excluding hydrogens is 234 g/mol. The second kappa shape index (κ2) is 8.21. The Hall–Kier alpha value is -1.02. The number of ether oxygens (including phenoxy) is 1. The van der Waals surface area contributed by atoms with Crippen LogP contribution >= 0.6 is 0 Å². The van der Waals surface area contributed by atoms with Crippen LogP contribution in [0.3, 0.4) is 0 Å². The van der Waals surface area contributed by atoms with Crippen molar-refractivity contribution in [1.29, 1.82) is 0 Å². The van der Waals surface area contributed by atoms with Crippen LogP contribution < -0.4 is 10.1 Å². The molecule has 0 heterocycles. The molecule has 2 unspecified atom stereocenters. The molecule has 19 heavy (non-hydrogen) atoms. The lowest BCUT2D eigenvalue weighted by Gasteiger charge is -2.28. The molecule has 1 rings (SSSR count). The number of hydrogen-bond donors (Lipinski definition) is 1. The third-order valence-corrected chi connectivity index (χ3v) is 3.64. The highest BCUT2D eigenvalue weighted by Gasteiger charge is 2.20. The molecule has 0 saturated heterocycles. The molecule has 0 fully saturated rings. The molecular formula is C17H29NO. The maximum Gasteiger partial charge on any atom is 0.123 e. The Kier molecular flexibility index (Phi) is 6.93. The molecule has 0 aliphatic heterocycles. The molecule has 2 heteroatoms. The summed E-state index contributed by atoms with van der Waals surface area (Å²) in [5, 5.41) is 3.40. The van der Waals surface area contributed by atoms with E-state index in [1.54, 1.807) is 0 Å². The standard InChI is InChI=1S/C17H29NO/c1-6-10-15(18-5)16(7-2)19-17-12-9-8-11-14(17)13(3)4/h8-9,11-13,15-16,18H,6-7,10H2,1-5H3. The quantitative estimate of drug-likeness (QED) is 0.752. The van der Waals surface area contributed by atoms with E-state index in [-0.39, 0.29) is 6.10 Å². The summed E-state index contributed by atoms with van der Waals surface area (Å²) in [4.78, 5) is 0. The second-order valence-electron chi connectivity index (χ2n) is 5.44. The van der Waals surface area contributed by atoms with Crippen LogP contribution in [-0.2, 0) is 0 Å². The first-order chi connectivity index (χ1) is 9.13. The first-order valence-electron chi connectivity index (χ1n) is 7.56. The lowest BCUT2D eigenvalue weighted by molar-refractivity contribution is 0.145. The minimum atomic E-state index is 0.241. The Bertz CT molecular complexity index is 362. The molecule has 2 atom stereocenters. The highest BCUT2D eigenvalue weighted by Crippen LogP contribution is 2.28. The van der Waals surface area contributed by atoms with Gasteiger partial charge >= 0.3 is 0 Å². The van der Waals surface area contributed by atoms with E-state index in [9.17, 15) is 0 Å². The van der Waals surface area contributed by atoms with Gasteiger partial charge in [-0.25, -0.2) is 0 Å². The van der Waals surface area contributed by atoms with Gasteiger partial charge in [-0.15, -0.1) is 0 Å². The number of nitrogens with one attached hydrogen (secondary N) is 1. The van der Waals surface area contributed by atoms with Crippen LogP contribution in [0.25, 0.3) is 0 Å². The largest absolute Gasteiger partial charge is 0.489 e. The number of rotatable bonds is 8. The number of hydrogen-bond acceptors (Lipinski definition) is 2. The monoisotopic (exact) mass is 263 g/mol. The molecule has 0 aromatic heterocycles. The summed E-state index contributed by atoms with van der Waals surface area (Å²) in [6.07, 6.45) is 3.60. The van der Waals surface area contributed by atoms with Crippen molar-refractivity contribution in [2.45, 2.75) is 65.0 Å². The molecule has 108 valence electrons. The predicted octanol–water partition coefficient (Wildman–Crippen LogP) is 4.36. The summed E-state index contributed by atoms with van der Waals surface area (Å²) in [6, 6.07) is 8.83. The predicted molar refractivity (Wildman–Crippen MR) is 83.0 cm³/mol. The Morgan fingerprint density at radius 3 is 2.37 bits per heavy atom. The molecule has 0 amide bonds. The first-order valence-corrected chi connectivity index (χ1v) is 7.56. The van der Waals surface area contributed by atoms with Gasteiger partial charge in [0.25, 0.3) is 0 Å². The summed E-state index contributed by atoms with van der Waals surface area (Å²) in [5.41, 5.74) is 1.30. The minimum Gasteiger partial charge on any atom is -0.489 e. The molecule has 0 bridgehead atoms. The van der Waals surface area contributed by atoms with Crippen LogP contribution in [-0.4, -0.2) is 19.2 Å². The van der Waals surface area contributed by atoms with E-state index in [0.717, 1.165) is 18.6 Å². The van der Waals surface area contributed by atoms with Crippen molar-refractivity contribution in [2.75, 3.05) is 7.05 Å². The molecule has 2 nitrogen and oxygen atoms in total. The van der Waals surface area contributed by atoms with Gasteiger partial charge < -0.3 is 10.1 Å². The van der Waals surface area contributed by atoms with Crippen LogP contribution in [0.15, 0.2) is 24.3 Å². The lowest BCUT2D eigenvalue weighted by Crippen LogP contribution is -2.41. The summed E-state index contributed by atoms with van der Waals surface area (Å²) in [6.45, 7) is 8.84. The van der Waals surface area contributed by atoms with Crippen molar-refractivity contribution in [2.24, 2.45) is 0 Å². The molecule has 1 N–H and O–H groups in total. The SMILES string of the molecule is CCCC(NC)C(CC)Oc1ccccc1C(C)C. The van der Waals surface area contributed by atoms with E-state index in [2.05, 4.69) is 57.3 Å².